The van der Waals surface area contributed by atoms with E-state index in [-0.39, 0.29) is 0 Å². The second-order valence-corrected chi connectivity index (χ2v) is 2.63. The van der Waals surface area contributed by atoms with Crippen molar-refractivity contribution < 1.29 is 0 Å². The molecule has 0 bridgehead atoms. The molecule has 65 valence electrons. The second kappa shape index (κ2) is 3.35. The molecule has 0 saturated heterocycles. The first kappa shape index (κ1) is 7.91. The molecule has 2 aromatic heterocycles. The molecule has 0 aliphatic carbocycles. The van der Waals surface area contributed by atoms with E-state index >= 15 is 0 Å². The van der Waals surface area contributed by atoms with Gasteiger partial charge in [-0.1, -0.05) is 6.92 Å². The van der Waals surface area contributed by atoms with Gasteiger partial charge in [-0.3, -0.25) is 0 Å². The normalized spacial score (nSPS) is 10.2. The lowest BCUT2D eigenvalue weighted by Gasteiger charge is -1.99. The van der Waals surface area contributed by atoms with Crippen LogP contribution >= 0.6 is 0 Å². The van der Waals surface area contributed by atoms with Crippen LogP contribution in [0.15, 0.2) is 24.8 Å². The van der Waals surface area contributed by atoms with Crippen LogP contribution in [0.1, 0.15) is 12.5 Å². The van der Waals surface area contributed by atoms with Crippen molar-refractivity contribution in [3.8, 4) is 5.95 Å². The zero-order chi connectivity index (χ0) is 9.10. The first-order chi connectivity index (χ1) is 6.40. The fraction of sp³-hybridized carbons (Fsp3) is 0.222. The van der Waals surface area contributed by atoms with E-state index in [2.05, 4.69) is 28.1 Å². The Morgan fingerprint density at radius 2 is 2.15 bits per heavy atom. The third-order valence-electron chi connectivity index (χ3n) is 1.76. The Morgan fingerprint density at radius 1 is 1.38 bits per heavy atom. The minimum absolute atomic E-state index is 0.582. The van der Waals surface area contributed by atoms with Gasteiger partial charge in [0, 0.05) is 24.7 Å². The first-order valence-electron chi connectivity index (χ1n) is 4.12. The van der Waals surface area contributed by atoms with E-state index < -0.39 is 0 Å². The molecule has 0 saturated carbocycles. The predicted molar refractivity (Wildman–Crippen MR) is 47.4 cm³/mol. The first-order valence-corrected chi connectivity index (χ1v) is 4.12. The highest BCUT2D eigenvalue weighted by Gasteiger charge is 1.98. The van der Waals surface area contributed by atoms with Crippen LogP contribution in [0, 0.1) is 6.07 Å². The lowest BCUT2D eigenvalue weighted by Crippen LogP contribution is -2.01. The van der Waals surface area contributed by atoms with E-state index in [9.17, 15) is 0 Å². The van der Waals surface area contributed by atoms with Crippen LogP contribution in [0.25, 0.3) is 5.95 Å². The van der Waals surface area contributed by atoms with Gasteiger partial charge in [-0.15, -0.1) is 0 Å². The quantitative estimate of drug-likeness (QED) is 0.681. The zero-order valence-electron chi connectivity index (χ0n) is 7.31. The molecule has 0 aliphatic heterocycles. The molecule has 2 aromatic rings. The highest BCUT2D eigenvalue weighted by atomic mass is 15.3. The Morgan fingerprint density at radius 3 is 2.69 bits per heavy atom. The molecule has 0 N–H and O–H groups in total. The highest BCUT2D eigenvalue weighted by Crippen LogP contribution is 1.99. The molecule has 2 heterocycles. The minimum Gasteiger partial charge on any atom is -0.219 e. The van der Waals surface area contributed by atoms with E-state index in [1.54, 1.807) is 17.1 Å². The SMILES string of the molecule is CCc1cnc(-n2c[c]cn2)nc1. The number of aryl methyl sites for hydroxylation is 1. The van der Waals surface area contributed by atoms with Crippen molar-refractivity contribution in [3.05, 3.63) is 36.4 Å². The third kappa shape index (κ3) is 1.56. The van der Waals surface area contributed by atoms with E-state index in [1.807, 2.05) is 12.4 Å². The monoisotopic (exact) mass is 173 g/mol. The van der Waals surface area contributed by atoms with Crippen molar-refractivity contribution in [2.45, 2.75) is 13.3 Å². The van der Waals surface area contributed by atoms with Crippen molar-refractivity contribution in [2.24, 2.45) is 0 Å². The van der Waals surface area contributed by atoms with Crippen molar-refractivity contribution >= 4 is 0 Å². The maximum absolute atomic E-state index is 4.16. The summed E-state index contributed by atoms with van der Waals surface area (Å²) in [4.78, 5) is 8.32. The maximum atomic E-state index is 4.16. The molecule has 0 amide bonds. The van der Waals surface area contributed by atoms with Crippen molar-refractivity contribution in [1.82, 2.24) is 19.7 Å². The molecule has 0 atom stereocenters. The molecule has 0 unspecified atom stereocenters. The summed E-state index contributed by atoms with van der Waals surface area (Å²) >= 11 is 0. The second-order valence-electron chi connectivity index (χ2n) is 2.63. The van der Waals surface area contributed by atoms with Gasteiger partial charge in [0.2, 0.25) is 5.95 Å². The average Bonchev–Trinajstić information content (AvgIpc) is 2.71. The molecule has 1 radical (unpaired) electrons. The predicted octanol–water partition coefficient (Wildman–Crippen LogP) is 1.02. The van der Waals surface area contributed by atoms with Crippen molar-refractivity contribution in [1.29, 1.82) is 0 Å². The summed E-state index contributed by atoms with van der Waals surface area (Å²) in [6, 6.07) is 2.83. The number of rotatable bonds is 2. The van der Waals surface area contributed by atoms with Crippen LogP contribution in [-0.2, 0) is 6.42 Å². The summed E-state index contributed by atoms with van der Waals surface area (Å²) in [5, 5.41) is 3.98. The molecule has 4 heteroatoms. The standard InChI is InChI=1S/C9H9N4/c1-2-8-6-10-9(11-7-8)13-5-3-4-12-13/h4-7H,2H2,1H3. The number of hydrogen-bond acceptors (Lipinski definition) is 3. The fourth-order valence-electron chi connectivity index (χ4n) is 0.991. The number of hydrogen-bond donors (Lipinski definition) is 0. The summed E-state index contributed by atoms with van der Waals surface area (Å²) in [6.45, 7) is 2.07. The van der Waals surface area contributed by atoms with Crippen LogP contribution < -0.4 is 0 Å². The Kier molecular flexibility index (Phi) is 2.04. The third-order valence-corrected chi connectivity index (χ3v) is 1.76. The van der Waals surface area contributed by atoms with Crippen LogP contribution in [0.2, 0.25) is 0 Å². The van der Waals surface area contributed by atoms with E-state index in [1.165, 1.54) is 0 Å². The number of nitrogens with zero attached hydrogens (tertiary/aromatic N) is 4. The summed E-state index contributed by atoms with van der Waals surface area (Å²) < 4.78 is 1.58. The van der Waals surface area contributed by atoms with Gasteiger partial charge in [-0.05, 0) is 12.0 Å². The van der Waals surface area contributed by atoms with E-state index in [0.29, 0.717) is 5.95 Å². The van der Waals surface area contributed by atoms with Gasteiger partial charge in [-0.25, -0.2) is 14.6 Å². The minimum atomic E-state index is 0.582. The van der Waals surface area contributed by atoms with E-state index in [4.69, 9.17) is 0 Å². The molecule has 2 rings (SSSR count). The Hall–Kier alpha value is -1.71. The van der Waals surface area contributed by atoms with Crippen LogP contribution in [0.4, 0.5) is 0 Å². The molecule has 0 aromatic carbocycles. The van der Waals surface area contributed by atoms with Gasteiger partial charge in [0.25, 0.3) is 0 Å². The van der Waals surface area contributed by atoms with Gasteiger partial charge in [0.05, 0.1) is 6.20 Å². The maximum Gasteiger partial charge on any atom is 0.250 e. The fourth-order valence-corrected chi connectivity index (χ4v) is 0.991. The molecule has 0 spiro atoms. The van der Waals surface area contributed by atoms with Crippen LogP contribution in [0.3, 0.4) is 0 Å². The Labute approximate surface area is 76.3 Å². The molecular weight excluding hydrogens is 164 g/mol. The number of aromatic nitrogens is 4. The van der Waals surface area contributed by atoms with Crippen LogP contribution in [0.5, 0.6) is 0 Å². The van der Waals surface area contributed by atoms with Crippen molar-refractivity contribution in [2.75, 3.05) is 0 Å². The zero-order valence-corrected chi connectivity index (χ0v) is 7.31. The van der Waals surface area contributed by atoms with E-state index in [0.717, 1.165) is 12.0 Å². The lowest BCUT2D eigenvalue weighted by atomic mass is 10.3. The summed E-state index contributed by atoms with van der Waals surface area (Å²) in [5.74, 6) is 0.582. The molecular formula is C9H9N4. The van der Waals surface area contributed by atoms with Gasteiger partial charge >= 0.3 is 0 Å². The van der Waals surface area contributed by atoms with Gasteiger partial charge in [-0.2, -0.15) is 5.10 Å². The largest absolute Gasteiger partial charge is 0.250 e. The van der Waals surface area contributed by atoms with Crippen molar-refractivity contribution in [3.63, 3.8) is 0 Å². The topological polar surface area (TPSA) is 43.6 Å². The molecule has 0 aliphatic rings. The summed E-state index contributed by atoms with van der Waals surface area (Å²) in [7, 11) is 0. The van der Waals surface area contributed by atoms with Gasteiger partial charge in [0.15, 0.2) is 0 Å². The molecule has 4 nitrogen and oxygen atoms in total. The van der Waals surface area contributed by atoms with Gasteiger partial charge in [0.1, 0.15) is 0 Å². The molecule has 13 heavy (non-hydrogen) atoms. The molecule has 0 fully saturated rings. The van der Waals surface area contributed by atoms with Crippen LogP contribution in [-0.4, -0.2) is 19.7 Å². The highest BCUT2D eigenvalue weighted by molar-refractivity contribution is 5.12. The summed E-state index contributed by atoms with van der Waals surface area (Å²) in [5.41, 5.74) is 1.12. The van der Waals surface area contributed by atoms with Gasteiger partial charge < -0.3 is 0 Å². The average molecular weight is 173 g/mol. The smallest absolute Gasteiger partial charge is 0.219 e. The Bertz CT molecular complexity index is 363. The Balaban J connectivity index is 2.33. The lowest BCUT2D eigenvalue weighted by molar-refractivity contribution is 0.802. The summed E-state index contributed by atoms with van der Waals surface area (Å²) in [6.07, 6.45) is 7.84.